The molecule has 2 amide bonds. The van der Waals surface area contributed by atoms with Crippen LogP contribution in [-0.4, -0.2) is 54.1 Å². The van der Waals surface area contributed by atoms with Gasteiger partial charge in [-0.1, -0.05) is 11.6 Å². The standard InChI is InChI=1S/C14H17BClF2N3O4/c1-7(15(24)25)20-12(22)6-19-14(23)11-2-3-21(11)13-9(17)4-8(16)5-10(13)18/h4-5,7,11,24-25H,2-3,6H2,1H3,(H,19,23)(H,20,22)/t7?,11-/m0/s1. The molecule has 1 unspecified atom stereocenters. The fourth-order valence-electron chi connectivity index (χ4n) is 2.40. The number of rotatable bonds is 6. The smallest absolute Gasteiger partial charge is 0.426 e. The number of nitrogens with one attached hydrogen (secondary N) is 2. The quantitative estimate of drug-likeness (QED) is 0.517. The van der Waals surface area contributed by atoms with E-state index in [-0.39, 0.29) is 17.3 Å². The maximum atomic E-state index is 13.9. The largest absolute Gasteiger partial charge is 0.475 e. The molecule has 0 spiro atoms. The fraction of sp³-hybridized carbons (Fsp3) is 0.429. The zero-order valence-electron chi connectivity index (χ0n) is 13.3. The second-order valence-corrected chi connectivity index (χ2v) is 6.14. The second kappa shape index (κ2) is 7.98. The number of carbonyl (C=O) groups excluding carboxylic acids is 2. The normalized spacial score (nSPS) is 17.5. The van der Waals surface area contributed by atoms with Crippen molar-refractivity contribution in [3.05, 3.63) is 28.8 Å². The van der Waals surface area contributed by atoms with Gasteiger partial charge in [-0.05, 0) is 25.5 Å². The Hall–Kier alpha value is -1.91. The molecule has 7 nitrogen and oxygen atoms in total. The molecular formula is C14H17BClF2N3O4. The zero-order chi connectivity index (χ0) is 18.7. The first kappa shape index (κ1) is 19.4. The third-order valence-electron chi connectivity index (χ3n) is 3.85. The molecule has 1 aromatic carbocycles. The summed E-state index contributed by atoms with van der Waals surface area (Å²) in [5, 5.41) is 22.3. The molecule has 25 heavy (non-hydrogen) atoms. The number of anilines is 1. The molecule has 11 heteroatoms. The molecule has 0 bridgehead atoms. The molecule has 0 radical (unpaired) electrons. The Morgan fingerprint density at radius 1 is 1.40 bits per heavy atom. The van der Waals surface area contributed by atoms with E-state index in [4.69, 9.17) is 21.6 Å². The van der Waals surface area contributed by atoms with E-state index in [0.717, 1.165) is 12.1 Å². The van der Waals surface area contributed by atoms with Gasteiger partial charge in [-0.2, -0.15) is 0 Å². The van der Waals surface area contributed by atoms with E-state index in [2.05, 4.69) is 10.6 Å². The third kappa shape index (κ3) is 4.59. The van der Waals surface area contributed by atoms with Crippen LogP contribution < -0.4 is 15.5 Å². The van der Waals surface area contributed by atoms with Gasteiger partial charge in [-0.25, -0.2) is 8.78 Å². The van der Waals surface area contributed by atoms with Gasteiger partial charge < -0.3 is 25.6 Å². The van der Waals surface area contributed by atoms with Crippen LogP contribution in [-0.2, 0) is 9.59 Å². The SMILES string of the molecule is CC(NC(=O)CNC(=O)[C@@H]1CCN1c1c(F)cc(Cl)cc1F)B(O)O. The van der Waals surface area contributed by atoms with Crippen molar-refractivity contribution in [2.75, 3.05) is 18.0 Å². The van der Waals surface area contributed by atoms with Crippen LogP contribution in [0.4, 0.5) is 14.5 Å². The van der Waals surface area contributed by atoms with E-state index < -0.39 is 49.1 Å². The fourth-order valence-corrected chi connectivity index (χ4v) is 2.59. The van der Waals surface area contributed by atoms with Crippen LogP contribution in [0.15, 0.2) is 12.1 Å². The highest BCUT2D eigenvalue weighted by atomic mass is 35.5. The molecule has 1 saturated heterocycles. The summed E-state index contributed by atoms with van der Waals surface area (Å²) in [6.45, 7) is 1.27. The Labute approximate surface area is 148 Å². The molecule has 4 N–H and O–H groups in total. The number of halogens is 3. The zero-order valence-corrected chi connectivity index (χ0v) is 14.1. The summed E-state index contributed by atoms with van der Waals surface area (Å²) < 4.78 is 27.9. The van der Waals surface area contributed by atoms with Gasteiger partial charge in [0.2, 0.25) is 11.8 Å². The van der Waals surface area contributed by atoms with Gasteiger partial charge >= 0.3 is 7.12 Å². The highest BCUT2D eigenvalue weighted by molar-refractivity contribution is 6.43. The molecular weight excluding hydrogens is 358 g/mol. The average molecular weight is 376 g/mol. The van der Waals surface area contributed by atoms with Gasteiger partial charge in [0, 0.05) is 11.6 Å². The number of hydrogen-bond donors (Lipinski definition) is 4. The highest BCUT2D eigenvalue weighted by Crippen LogP contribution is 2.33. The van der Waals surface area contributed by atoms with Crippen LogP contribution in [0.5, 0.6) is 0 Å². The van der Waals surface area contributed by atoms with Gasteiger partial charge in [0.15, 0.2) is 11.6 Å². The van der Waals surface area contributed by atoms with Gasteiger partial charge in [0.05, 0.1) is 12.5 Å². The second-order valence-electron chi connectivity index (χ2n) is 5.70. The Bertz CT molecular complexity index is 656. The van der Waals surface area contributed by atoms with E-state index in [0.29, 0.717) is 6.42 Å². The number of amides is 2. The van der Waals surface area contributed by atoms with E-state index >= 15 is 0 Å². The molecule has 0 aromatic heterocycles. The lowest BCUT2D eigenvalue weighted by Crippen LogP contribution is -2.58. The lowest BCUT2D eigenvalue weighted by Gasteiger charge is -2.41. The van der Waals surface area contributed by atoms with Crippen molar-refractivity contribution in [3.8, 4) is 0 Å². The average Bonchev–Trinajstić information content (AvgIpc) is 2.47. The van der Waals surface area contributed by atoms with Gasteiger partial charge in [0.1, 0.15) is 11.7 Å². The Balaban J connectivity index is 1.94. The first-order valence-electron chi connectivity index (χ1n) is 7.55. The topological polar surface area (TPSA) is 102 Å². The van der Waals surface area contributed by atoms with Gasteiger partial charge in [-0.3, -0.25) is 9.59 Å². The molecule has 136 valence electrons. The molecule has 1 aliphatic heterocycles. The van der Waals surface area contributed by atoms with Crippen molar-refractivity contribution in [1.82, 2.24) is 10.6 Å². The maximum absolute atomic E-state index is 13.9. The van der Waals surface area contributed by atoms with Crippen LogP contribution in [0.25, 0.3) is 0 Å². The lowest BCUT2D eigenvalue weighted by molar-refractivity contribution is -0.127. The van der Waals surface area contributed by atoms with Crippen LogP contribution >= 0.6 is 11.6 Å². The highest BCUT2D eigenvalue weighted by Gasteiger charge is 2.37. The summed E-state index contributed by atoms with van der Waals surface area (Å²) in [6, 6.07) is 1.11. The summed E-state index contributed by atoms with van der Waals surface area (Å²) in [5.41, 5.74) is -0.336. The van der Waals surface area contributed by atoms with Crippen molar-refractivity contribution < 1.29 is 28.4 Å². The minimum atomic E-state index is -1.72. The summed E-state index contributed by atoms with van der Waals surface area (Å²) in [6.07, 6.45) is 0.376. The first-order chi connectivity index (χ1) is 11.7. The number of nitrogens with zero attached hydrogens (tertiary/aromatic N) is 1. The molecule has 2 rings (SSSR count). The Morgan fingerprint density at radius 2 is 2.00 bits per heavy atom. The van der Waals surface area contributed by atoms with E-state index in [1.54, 1.807) is 0 Å². The monoisotopic (exact) mass is 375 g/mol. The van der Waals surface area contributed by atoms with Crippen molar-refractivity contribution in [1.29, 1.82) is 0 Å². The van der Waals surface area contributed by atoms with Crippen molar-refractivity contribution in [2.24, 2.45) is 0 Å². The maximum Gasteiger partial charge on any atom is 0.475 e. The summed E-state index contributed by atoms with van der Waals surface area (Å²) in [7, 11) is -1.72. The minimum absolute atomic E-state index is 0.0860. The van der Waals surface area contributed by atoms with Crippen molar-refractivity contribution >= 4 is 36.2 Å². The summed E-state index contributed by atoms with van der Waals surface area (Å²) in [4.78, 5) is 25.0. The van der Waals surface area contributed by atoms with Crippen molar-refractivity contribution in [3.63, 3.8) is 0 Å². The molecule has 1 heterocycles. The lowest BCUT2D eigenvalue weighted by atomic mass is 9.81. The molecule has 1 aliphatic rings. The molecule has 1 aromatic rings. The predicted octanol–water partition coefficient (Wildman–Crippen LogP) is -0.170. The third-order valence-corrected chi connectivity index (χ3v) is 4.07. The van der Waals surface area contributed by atoms with Crippen LogP contribution in [0.1, 0.15) is 13.3 Å². The van der Waals surface area contributed by atoms with E-state index in [1.807, 2.05) is 0 Å². The van der Waals surface area contributed by atoms with Crippen LogP contribution in [0.3, 0.4) is 0 Å². The number of hydrogen-bond acceptors (Lipinski definition) is 5. The van der Waals surface area contributed by atoms with Gasteiger partial charge in [0.25, 0.3) is 0 Å². The van der Waals surface area contributed by atoms with Crippen molar-refractivity contribution in [2.45, 2.75) is 25.3 Å². The Kier molecular flexibility index (Phi) is 6.20. The first-order valence-corrected chi connectivity index (χ1v) is 7.93. The van der Waals surface area contributed by atoms with Crippen LogP contribution in [0, 0.1) is 11.6 Å². The van der Waals surface area contributed by atoms with Crippen LogP contribution in [0.2, 0.25) is 5.02 Å². The number of benzene rings is 1. The molecule has 0 aliphatic carbocycles. The van der Waals surface area contributed by atoms with E-state index in [1.165, 1.54) is 11.8 Å². The Morgan fingerprint density at radius 3 is 2.48 bits per heavy atom. The molecule has 1 fully saturated rings. The molecule has 2 atom stereocenters. The minimum Gasteiger partial charge on any atom is -0.426 e. The van der Waals surface area contributed by atoms with Gasteiger partial charge in [-0.15, -0.1) is 0 Å². The summed E-state index contributed by atoms with van der Waals surface area (Å²) in [5.74, 6) is -3.82. The molecule has 0 saturated carbocycles. The predicted molar refractivity (Wildman–Crippen MR) is 87.9 cm³/mol. The number of carbonyl (C=O) groups is 2. The summed E-state index contributed by atoms with van der Waals surface area (Å²) >= 11 is 5.58. The van der Waals surface area contributed by atoms with E-state index in [9.17, 15) is 18.4 Å².